The third kappa shape index (κ3) is 3.74. The number of nitrogens with zero attached hydrogens (tertiary/aromatic N) is 1. The highest BCUT2D eigenvalue weighted by Gasteiger charge is 2.29. The number of rotatable bonds is 8. The lowest BCUT2D eigenvalue weighted by atomic mass is 10.0. The number of ether oxygens (including phenoxy) is 1. The van der Waals surface area contributed by atoms with Crippen molar-refractivity contribution in [2.75, 3.05) is 20.7 Å². The third-order valence-electron chi connectivity index (χ3n) is 4.40. The first kappa shape index (κ1) is 15.3. The maximum absolute atomic E-state index is 5.48. The fraction of sp³-hybridized carbons (Fsp3) is 0.647. The zero-order chi connectivity index (χ0) is 14.5. The zero-order valence-corrected chi connectivity index (χ0v) is 13.2. The third-order valence-corrected chi connectivity index (χ3v) is 4.40. The molecule has 0 aliphatic heterocycles. The highest BCUT2D eigenvalue weighted by Crippen LogP contribution is 2.28. The van der Waals surface area contributed by atoms with Gasteiger partial charge in [-0.15, -0.1) is 0 Å². The van der Waals surface area contributed by atoms with Crippen LogP contribution >= 0.6 is 0 Å². The van der Waals surface area contributed by atoms with Gasteiger partial charge in [0.05, 0.1) is 7.11 Å². The number of methoxy groups -OCH3 is 1. The van der Waals surface area contributed by atoms with Crippen LogP contribution in [0.25, 0.3) is 0 Å². The minimum atomic E-state index is 0.362. The smallest absolute Gasteiger partial charge is 0.123 e. The highest BCUT2D eigenvalue weighted by atomic mass is 16.5. The van der Waals surface area contributed by atoms with Crippen molar-refractivity contribution in [2.45, 2.75) is 51.2 Å². The average molecular weight is 276 g/mol. The van der Waals surface area contributed by atoms with Crippen LogP contribution in [0.2, 0.25) is 0 Å². The summed E-state index contributed by atoms with van der Waals surface area (Å²) in [6.07, 6.45) is 3.80. The molecule has 3 heteroatoms. The number of nitrogens with one attached hydrogen (secondary N) is 1. The van der Waals surface area contributed by atoms with Gasteiger partial charge in [-0.3, -0.25) is 4.90 Å². The van der Waals surface area contributed by atoms with E-state index in [0.717, 1.165) is 24.8 Å². The number of likely N-dealkylation sites (N-methyl/N-ethyl adjacent to an activating group) is 1. The molecule has 1 aromatic rings. The molecule has 20 heavy (non-hydrogen) atoms. The second kappa shape index (κ2) is 7.09. The van der Waals surface area contributed by atoms with Gasteiger partial charge in [0.1, 0.15) is 5.75 Å². The fourth-order valence-electron chi connectivity index (χ4n) is 2.73. The van der Waals surface area contributed by atoms with Crippen LogP contribution in [0, 0.1) is 0 Å². The summed E-state index contributed by atoms with van der Waals surface area (Å²) in [5.41, 5.74) is 1.26. The topological polar surface area (TPSA) is 24.5 Å². The molecular weight excluding hydrogens is 248 g/mol. The lowest BCUT2D eigenvalue weighted by Gasteiger charge is -2.27. The van der Waals surface area contributed by atoms with E-state index in [2.05, 4.69) is 43.2 Å². The molecule has 3 nitrogen and oxygen atoms in total. The Bertz CT molecular complexity index is 417. The van der Waals surface area contributed by atoms with Gasteiger partial charge in [-0.05, 0) is 39.3 Å². The van der Waals surface area contributed by atoms with E-state index >= 15 is 0 Å². The number of benzene rings is 1. The summed E-state index contributed by atoms with van der Waals surface area (Å²) < 4.78 is 5.48. The van der Waals surface area contributed by atoms with E-state index in [1.165, 1.54) is 18.4 Å². The van der Waals surface area contributed by atoms with Crippen LogP contribution in [-0.2, 0) is 0 Å². The van der Waals surface area contributed by atoms with Crippen LogP contribution in [0.4, 0.5) is 0 Å². The summed E-state index contributed by atoms with van der Waals surface area (Å²) in [5, 5.41) is 3.70. The number of para-hydroxylation sites is 1. The maximum atomic E-state index is 5.48. The SMILES string of the molecule is CCC(NCC(C)N(C)C1CC1)c1ccccc1OC. The van der Waals surface area contributed by atoms with Gasteiger partial charge < -0.3 is 10.1 Å². The molecule has 0 spiro atoms. The normalized spacial score (nSPS) is 18.1. The fourth-order valence-corrected chi connectivity index (χ4v) is 2.73. The van der Waals surface area contributed by atoms with Gasteiger partial charge in [-0.25, -0.2) is 0 Å². The zero-order valence-electron chi connectivity index (χ0n) is 13.2. The molecule has 0 radical (unpaired) electrons. The molecular formula is C17H28N2O. The molecule has 1 aromatic carbocycles. The second-order valence-corrected chi connectivity index (χ2v) is 5.86. The average Bonchev–Trinajstić information content (AvgIpc) is 3.32. The van der Waals surface area contributed by atoms with Crippen molar-refractivity contribution in [2.24, 2.45) is 0 Å². The van der Waals surface area contributed by atoms with Crippen molar-refractivity contribution in [1.82, 2.24) is 10.2 Å². The lowest BCUT2D eigenvalue weighted by molar-refractivity contribution is 0.234. The van der Waals surface area contributed by atoms with Crippen molar-refractivity contribution >= 4 is 0 Å². The summed E-state index contributed by atoms with van der Waals surface area (Å²) in [6.45, 7) is 5.54. The Hall–Kier alpha value is -1.06. The molecule has 1 aliphatic rings. The Morgan fingerprint density at radius 3 is 2.65 bits per heavy atom. The minimum absolute atomic E-state index is 0.362. The lowest BCUT2D eigenvalue weighted by Crippen LogP contribution is -2.40. The molecule has 0 saturated heterocycles. The van der Waals surface area contributed by atoms with Gasteiger partial charge in [0, 0.05) is 30.2 Å². The van der Waals surface area contributed by atoms with Gasteiger partial charge in [0.2, 0.25) is 0 Å². The standard InChI is InChI=1S/C17H28N2O/c1-5-16(15-8-6-7-9-17(15)20-4)18-12-13(2)19(3)14-10-11-14/h6-9,13-14,16,18H,5,10-12H2,1-4H3. The Morgan fingerprint density at radius 1 is 1.35 bits per heavy atom. The second-order valence-electron chi connectivity index (χ2n) is 5.86. The van der Waals surface area contributed by atoms with Crippen LogP contribution in [0.1, 0.15) is 44.7 Å². The summed E-state index contributed by atoms with van der Waals surface area (Å²) in [6, 6.07) is 10.1. The monoisotopic (exact) mass is 276 g/mol. The summed E-state index contributed by atoms with van der Waals surface area (Å²) in [7, 11) is 3.99. The molecule has 112 valence electrons. The van der Waals surface area contributed by atoms with E-state index in [0.29, 0.717) is 12.1 Å². The first-order valence-electron chi connectivity index (χ1n) is 7.75. The first-order chi connectivity index (χ1) is 9.67. The van der Waals surface area contributed by atoms with Gasteiger partial charge in [0.15, 0.2) is 0 Å². The predicted molar refractivity (Wildman–Crippen MR) is 84.3 cm³/mol. The van der Waals surface area contributed by atoms with Crippen molar-refractivity contribution in [3.05, 3.63) is 29.8 Å². The number of hydrogen-bond donors (Lipinski definition) is 1. The molecule has 1 N–H and O–H groups in total. The van der Waals surface area contributed by atoms with Crippen molar-refractivity contribution in [3.63, 3.8) is 0 Å². The number of hydrogen-bond acceptors (Lipinski definition) is 3. The molecule has 0 aromatic heterocycles. The summed E-state index contributed by atoms with van der Waals surface area (Å²) in [5.74, 6) is 0.982. The van der Waals surface area contributed by atoms with Crippen LogP contribution < -0.4 is 10.1 Å². The van der Waals surface area contributed by atoms with Gasteiger partial charge in [-0.1, -0.05) is 25.1 Å². The van der Waals surface area contributed by atoms with Crippen molar-refractivity contribution in [1.29, 1.82) is 0 Å². The van der Waals surface area contributed by atoms with Crippen molar-refractivity contribution < 1.29 is 4.74 Å². The maximum Gasteiger partial charge on any atom is 0.123 e. The van der Waals surface area contributed by atoms with Crippen LogP contribution in [0.15, 0.2) is 24.3 Å². The minimum Gasteiger partial charge on any atom is -0.496 e. The molecule has 2 atom stereocenters. The quantitative estimate of drug-likeness (QED) is 0.789. The van der Waals surface area contributed by atoms with E-state index in [9.17, 15) is 0 Å². The van der Waals surface area contributed by atoms with Crippen LogP contribution in [0.3, 0.4) is 0 Å². The Labute approximate surface area is 123 Å². The van der Waals surface area contributed by atoms with Crippen LogP contribution in [-0.4, -0.2) is 37.7 Å². The Balaban J connectivity index is 1.94. The Morgan fingerprint density at radius 2 is 2.05 bits per heavy atom. The molecule has 1 aliphatic carbocycles. The molecule has 1 saturated carbocycles. The van der Waals surface area contributed by atoms with E-state index < -0.39 is 0 Å². The van der Waals surface area contributed by atoms with E-state index in [-0.39, 0.29) is 0 Å². The van der Waals surface area contributed by atoms with Gasteiger partial charge in [-0.2, -0.15) is 0 Å². The Kier molecular flexibility index (Phi) is 5.44. The van der Waals surface area contributed by atoms with E-state index in [1.54, 1.807) is 7.11 Å². The van der Waals surface area contributed by atoms with E-state index in [4.69, 9.17) is 4.74 Å². The van der Waals surface area contributed by atoms with Crippen molar-refractivity contribution in [3.8, 4) is 5.75 Å². The molecule has 0 bridgehead atoms. The molecule has 2 unspecified atom stereocenters. The summed E-state index contributed by atoms with van der Waals surface area (Å²) >= 11 is 0. The molecule has 0 heterocycles. The highest BCUT2D eigenvalue weighted by molar-refractivity contribution is 5.35. The van der Waals surface area contributed by atoms with E-state index in [1.807, 2.05) is 12.1 Å². The van der Waals surface area contributed by atoms with Crippen LogP contribution in [0.5, 0.6) is 5.75 Å². The largest absolute Gasteiger partial charge is 0.496 e. The first-order valence-corrected chi connectivity index (χ1v) is 7.75. The predicted octanol–water partition coefficient (Wildman–Crippen LogP) is 3.22. The molecule has 0 amide bonds. The van der Waals surface area contributed by atoms with Gasteiger partial charge in [0.25, 0.3) is 0 Å². The van der Waals surface area contributed by atoms with Gasteiger partial charge >= 0.3 is 0 Å². The molecule has 1 fully saturated rings. The molecule has 2 rings (SSSR count). The summed E-state index contributed by atoms with van der Waals surface area (Å²) in [4.78, 5) is 2.50.